The number of nitrogens with zero attached hydrogens (tertiary/aromatic N) is 2. The number of aryl methyl sites for hydroxylation is 1. The van der Waals surface area contributed by atoms with E-state index in [9.17, 15) is 0 Å². The average Bonchev–Trinajstić information content (AvgIpc) is 3.07. The molecule has 0 radical (unpaired) electrons. The number of ether oxygens (including phenoxy) is 3. The summed E-state index contributed by atoms with van der Waals surface area (Å²) in [6.45, 7) is 1.95. The largest absolute Gasteiger partial charge is 0.495 e. The molecule has 0 atom stereocenters. The van der Waals surface area contributed by atoms with Gasteiger partial charge in [-0.05, 0) is 37.3 Å². The maximum absolute atomic E-state index is 6.34. The number of halogens is 2. The first-order chi connectivity index (χ1) is 13.1. The summed E-state index contributed by atoms with van der Waals surface area (Å²) in [7, 11) is 4.82. The predicted molar refractivity (Wildman–Crippen MR) is 113 cm³/mol. The van der Waals surface area contributed by atoms with Gasteiger partial charge in [0.1, 0.15) is 5.75 Å². The van der Waals surface area contributed by atoms with E-state index in [1.807, 2.05) is 37.3 Å². The van der Waals surface area contributed by atoms with E-state index in [-0.39, 0.29) is 12.4 Å². The molecule has 0 fully saturated rings. The van der Waals surface area contributed by atoms with Gasteiger partial charge in [-0.15, -0.1) is 12.4 Å². The fourth-order valence-electron chi connectivity index (χ4n) is 3.31. The van der Waals surface area contributed by atoms with Crippen LogP contribution in [0.4, 0.5) is 0 Å². The van der Waals surface area contributed by atoms with Gasteiger partial charge in [-0.1, -0.05) is 11.6 Å². The zero-order valence-corrected chi connectivity index (χ0v) is 17.4. The Balaban J connectivity index is 0.00000225. The average molecular weight is 420 g/mol. The van der Waals surface area contributed by atoms with E-state index in [4.69, 9.17) is 30.8 Å². The van der Waals surface area contributed by atoms with Crippen LogP contribution < -0.4 is 14.2 Å². The maximum atomic E-state index is 6.34. The molecular formula is C20H19Cl2N3O3. The van der Waals surface area contributed by atoms with Gasteiger partial charge < -0.3 is 14.2 Å². The molecule has 0 aliphatic heterocycles. The molecule has 0 spiro atoms. The first kappa shape index (κ1) is 20.0. The second-order valence-corrected chi connectivity index (χ2v) is 6.50. The molecule has 1 N–H and O–H groups in total. The van der Waals surface area contributed by atoms with Crippen LogP contribution in [0.3, 0.4) is 0 Å². The summed E-state index contributed by atoms with van der Waals surface area (Å²) >= 11 is 6.34. The number of methoxy groups -OCH3 is 3. The van der Waals surface area contributed by atoms with Gasteiger partial charge in [-0.3, -0.25) is 5.10 Å². The van der Waals surface area contributed by atoms with Gasteiger partial charge in [0, 0.05) is 21.7 Å². The van der Waals surface area contributed by atoms with Crippen LogP contribution in [-0.2, 0) is 0 Å². The number of aromatic amines is 1. The molecule has 2 aromatic heterocycles. The second-order valence-electron chi connectivity index (χ2n) is 6.10. The summed E-state index contributed by atoms with van der Waals surface area (Å²) in [6, 6.07) is 9.48. The minimum atomic E-state index is 0. The molecule has 0 amide bonds. The van der Waals surface area contributed by atoms with Gasteiger partial charge >= 0.3 is 0 Å². The Kier molecular flexibility index (Phi) is 5.54. The Bertz CT molecular complexity index is 1170. The quantitative estimate of drug-likeness (QED) is 0.492. The number of H-pyrrole nitrogens is 1. The number of hydrogen-bond donors (Lipinski definition) is 1. The van der Waals surface area contributed by atoms with Crippen molar-refractivity contribution in [3.05, 3.63) is 41.0 Å². The van der Waals surface area contributed by atoms with E-state index in [1.54, 1.807) is 21.3 Å². The molecule has 146 valence electrons. The van der Waals surface area contributed by atoms with Crippen LogP contribution in [0.2, 0.25) is 5.02 Å². The van der Waals surface area contributed by atoms with Crippen LogP contribution in [0.1, 0.15) is 5.69 Å². The highest BCUT2D eigenvalue weighted by Crippen LogP contribution is 2.41. The smallest absolute Gasteiger partial charge is 0.161 e. The van der Waals surface area contributed by atoms with Gasteiger partial charge in [0.2, 0.25) is 0 Å². The van der Waals surface area contributed by atoms with E-state index in [2.05, 4.69) is 10.2 Å². The number of rotatable bonds is 4. The van der Waals surface area contributed by atoms with Crippen molar-refractivity contribution in [1.82, 2.24) is 15.2 Å². The number of hydrogen-bond acceptors (Lipinski definition) is 5. The Morgan fingerprint density at radius 2 is 1.54 bits per heavy atom. The summed E-state index contributed by atoms with van der Waals surface area (Å²) in [5.41, 5.74) is 3.21. The number of pyridine rings is 1. The maximum Gasteiger partial charge on any atom is 0.161 e. The number of aromatic nitrogens is 3. The van der Waals surface area contributed by atoms with Gasteiger partial charge in [-0.25, -0.2) is 4.98 Å². The molecule has 2 heterocycles. The summed E-state index contributed by atoms with van der Waals surface area (Å²) in [5, 5.41) is 10.7. The van der Waals surface area contributed by atoms with Gasteiger partial charge in [-0.2, -0.15) is 5.10 Å². The number of fused-ring (bicyclic) bond motifs is 3. The summed E-state index contributed by atoms with van der Waals surface area (Å²) in [4.78, 5) is 4.81. The monoisotopic (exact) mass is 419 g/mol. The van der Waals surface area contributed by atoms with E-state index < -0.39 is 0 Å². The van der Waals surface area contributed by atoms with Crippen molar-refractivity contribution in [3.63, 3.8) is 0 Å². The number of benzene rings is 2. The van der Waals surface area contributed by atoms with E-state index >= 15 is 0 Å². The minimum Gasteiger partial charge on any atom is -0.495 e. The molecule has 0 bridgehead atoms. The fourth-order valence-corrected chi connectivity index (χ4v) is 3.57. The molecule has 4 rings (SSSR count). The molecule has 2 aromatic carbocycles. The van der Waals surface area contributed by atoms with Crippen LogP contribution in [-0.4, -0.2) is 36.5 Å². The van der Waals surface area contributed by atoms with E-state index in [0.717, 1.165) is 33.1 Å². The minimum absolute atomic E-state index is 0. The lowest BCUT2D eigenvalue weighted by Crippen LogP contribution is -1.94. The highest BCUT2D eigenvalue weighted by Gasteiger charge is 2.18. The predicted octanol–water partition coefficient (Wildman–Crippen LogP) is 5.19. The highest BCUT2D eigenvalue weighted by molar-refractivity contribution is 6.32. The van der Waals surface area contributed by atoms with Crippen LogP contribution >= 0.6 is 24.0 Å². The first-order valence-corrected chi connectivity index (χ1v) is 8.69. The van der Waals surface area contributed by atoms with Gasteiger partial charge in [0.25, 0.3) is 0 Å². The molecular weight excluding hydrogens is 401 g/mol. The Labute approximate surface area is 173 Å². The van der Waals surface area contributed by atoms with Crippen molar-refractivity contribution in [2.75, 3.05) is 21.3 Å². The molecule has 4 aromatic rings. The second kappa shape index (κ2) is 7.73. The standard InChI is InChI=1S/C20H18ClN3O3.ClH/c1-10-18-12-8-16(26-3)17(27-4)9-13(12)19(22-20(18)24-23-10)11-5-6-15(25-2)14(21)7-11;/h5-9H,1-4H3,(H,22,23,24);1H. The van der Waals surface area contributed by atoms with Crippen LogP contribution in [0.15, 0.2) is 30.3 Å². The topological polar surface area (TPSA) is 69.3 Å². The van der Waals surface area contributed by atoms with Gasteiger partial charge in [0.15, 0.2) is 17.1 Å². The van der Waals surface area contributed by atoms with Crippen LogP contribution in [0, 0.1) is 6.92 Å². The molecule has 28 heavy (non-hydrogen) atoms. The molecule has 0 aliphatic carbocycles. The third kappa shape index (κ3) is 3.08. The molecule has 0 unspecified atom stereocenters. The summed E-state index contributed by atoms with van der Waals surface area (Å²) in [6.07, 6.45) is 0. The van der Waals surface area contributed by atoms with Crippen molar-refractivity contribution in [2.24, 2.45) is 0 Å². The molecule has 8 heteroatoms. The van der Waals surface area contributed by atoms with Gasteiger partial charge in [0.05, 0.1) is 37.7 Å². The van der Waals surface area contributed by atoms with Crippen LogP contribution in [0.5, 0.6) is 17.2 Å². The Morgan fingerprint density at radius 1 is 0.893 bits per heavy atom. The van der Waals surface area contributed by atoms with Crippen molar-refractivity contribution in [1.29, 1.82) is 0 Å². The normalized spacial score (nSPS) is 10.8. The van der Waals surface area contributed by atoms with Crippen molar-refractivity contribution in [2.45, 2.75) is 6.92 Å². The zero-order chi connectivity index (χ0) is 19.1. The summed E-state index contributed by atoms with van der Waals surface area (Å²) in [5.74, 6) is 1.90. The number of nitrogens with one attached hydrogen (secondary N) is 1. The van der Waals surface area contributed by atoms with E-state index in [1.165, 1.54) is 0 Å². The third-order valence-electron chi connectivity index (χ3n) is 4.63. The van der Waals surface area contributed by atoms with E-state index in [0.29, 0.717) is 27.9 Å². The lowest BCUT2D eigenvalue weighted by molar-refractivity contribution is 0.356. The van der Waals surface area contributed by atoms with Crippen molar-refractivity contribution in [3.8, 4) is 28.5 Å². The third-order valence-corrected chi connectivity index (χ3v) is 4.92. The summed E-state index contributed by atoms with van der Waals surface area (Å²) < 4.78 is 16.2. The highest BCUT2D eigenvalue weighted by atomic mass is 35.5. The lowest BCUT2D eigenvalue weighted by atomic mass is 10.00. The first-order valence-electron chi connectivity index (χ1n) is 8.31. The zero-order valence-electron chi connectivity index (χ0n) is 15.8. The fraction of sp³-hybridized carbons (Fsp3) is 0.200. The van der Waals surface area contributed by atoms with Crippen LogP contribution in [0.25, 0.3) is 33.1 Å². The van der Waals surface area contributed by atoms with Crippen molar-refractivity contribution >= 4 is 45.8 Å². The SMILES string of the molecule is COc1ccc(-c2nc3[nH]nc(C)c3c3cc(OC)c(OC)cc23)cc1Cl.Cl. The molecule has 0 saturated heterocycles. The lowest BCUT2D eigenvalue weighted by Gasteiger charge is -2.13. The van der Waals surface area contributed by atoms with Crippen molar-refractivity contribution < 1.29 is 14.2 Å². The Morgan fingerprint density at radius 3 is 2.14 bits per heavy atom. The Hall–Kier alpha value is -2.70. The molecule has 0 saturated carbocycles. The molecule has 6 nitrogen and oxygen atoms in total. The molecule has 0 aliphatic rings.